The molecule has 0 aromatic carbocycles. The van der Waals surface area contributed by atoms with Crippen LogP contribution in [-0.4, -0.2) is 96.7 Å². The molecule has 0 spiro atoms. The summed E-state index contributed by atoms with van der Waals surface area (Å²) in [4.78, 5) is 72.6. The standard InChI is InChI=1S/C79H154O17P2/c1-6-9-12-15-17-19-21-23-25-32-36-40-44-48-53-58-63-77(82)90-69-75(96-79(84)65-60-55-50-46-42-38-34-30-28-27-29-31-35-39-43-47-52-56-61-72(4)5)71-94-98(87,88)92-67-73(80)66-91-97(85,86)93-70-74(68-89-76(81)62-57-51-14-11-8-3)95-78(83)64-59-54-49-45-41-37-33-26-24-22-20-18-16-13-10-7-2/h72-75,80H,6-71H2,1-5H3,(H,85,86)(H,87,88)/t73-,74+,75+/m0/s1. The van der Waals surface area contributed by atoms with E-state index in [0.29, 0.717) is 25.7 Å². The second kappa shape index (κ2) is 72.0. The number of carbonyl (C=O) groups excluding carboxylic acids is 4. The highest BCUT2D eigenvalue weighted by Gasteiger charge is 2.30. The van der Waals surface area contributed by atoms with Crippen molar-refractivity contribution in [3.8, 4) is 0 Å². The quantitative estimate of drug-likeness (QED) is 0.0222. The highest BCUT2D eigenvalue weighted by Crippen LogP contribution is 2.45. The van der Waals surface area contributed by atoms with Gasteiger partial charge in [-0.15, -0.1) is 0 Å². The third-order valence-electron chi connectivity index (χ3n) is 18.5. The molecule has 582 valence electrons. The molecule has 0 aliphatic carbocycles. The van der Waals surface area contributed by atoms with E-state index in [1.807, 2.05) is 0 Å². The minimum Gasteiger partial charge on any atom is -0.462 e. The number of phosphoric ester groups is 2. The minimum absolute atomic E-state index is 0.108. The van der Waals surface area contributed by atoms with Gasteiger partial charge in [-0.3, -0.25) is 37.3 Å². The summed E-state index contributed by atoms with van der Waals surface area (Å²) in [5.41, 5.74) is 0. The van der Waals surface area contributed by atoms with Crippen molar-refractivity contribution in [2.24, 2.45) is 5.92 Å². The van der Waals surface area contributed by atoms with E-state index < -0.39 is 97.5 Å². The summed E-state index contributed by atoms with van der Waals surface area (Å²) in [6.45, 7) is 7.27. The Labute approximate surface area is 600 Å². The van der Waals surface area contributed by atoms with E-state index in [1.165, 1.54) is 238 Å². The molecule has 0 aliphatic rings. The molecule has 0 saturated heterocycles. The Kier molecular flexibility index (Phi) is 70.6. The third-order valence-corrected chi connectivity index (χ3v) is 20.4. The summed E-state index contributed by atoms with van der Waals surface area (Å²) in [6, 6.07) is 0. The van der Waals surface area contributed by atoms with Gasteiger partial charge in [0, 0.05) is 25.7 Å². The fourth-order valence-electron chi connectivity index (χ4n) is 12.2. The Hall–Kier alpha value is -1.94. The molecule has 2 unspecified atom stereocenters. The van der Waals surface area contributed by atoms with E-state index >= 15 is 0 Å². The van der Waals surface area contributed by atoms with Crippen LogP contribution in [0.5, 0.6) is 0 Å². The Morgan fingerprint density at radius 2 is 0.469 bits per heavy atom. The van der Waals surface area contributed by atoms with Crippen LogP contribution in [0.15, 0.2) is 0 Å². The lowest BCUT2D eigenvalue weighted by Crippen LogP contribution is -2.30. The van der Waals surface area contributed by atoms with E-state index in [1.54, 1.807) is 0 Å². The smallest absolute Gasteiger partial charge is 0.462 e. The summed E-state index contributed by atoms with van der Waals surface area (Å²) < 4.78 is 68.4. The second-order valence-electron chi connectivity index (χ2n) is 28.9. The molecule has 0 heterocycles. The lowest BCUT2D eigenvalue weighted by atomic mass is 10.0. The molecule has 0 aliphatic heterocycles. The fourth-order valence-corrected chi connectivity index (χ4v) is 13.8. The summed E-state index contributed by atoms with van der Waals surface area (Å²) in [5.74, 6) is -1.30. The third kappa shape index (κ3) is 72.4. The summed E-state index contributed by atoms with van der Waals surface area (Å²) in [5, 5.41) is 10.6. The lowest BCUT2D eigenvalue weighted by molar-refractivity contribution is -0.161. The van der Waals surface area contributed by atoms with Crippen molar-refractivity contribution in [3.63, 3.8) is 0 Å². The molecule has 0 radical (unpaired) electrons. The molecule has 0 aromatic heterocycles. The lowest BCUT2D eigenvalue weighted by Gasteiger charge is -2.21. The zero-order valence-corrected chi connectivity index (χ0v) is 65.7. The molecule has 0 amide bonds. The van der Waals surface area contributed by atoms with Crippen molar-refractivity contribution in [2.45, 2.75) is 438 Å². The number of aliphatic hydroxyl groups is 1. The van der Waals surface area contributed by atoms with Crippen molar-refractivity contribution >= 4 is 39.5 Å². The monoisotopic (exact) mass is 1440 g/mol. The molecule has 0 bridgehead atoms. The zero-order chi connectivity index (χ0) is 71.9. The number of phosphoric acid groups is 2. The number of hydrogen-bond donors (Lipinski definition) is 3. The molecule has 17 nitrogen and oxygen atoms in total. The van der Waals surface area contributed by atoms with Crippen molar-refractivity contribution < 1.29 is 80.2 Å². The first kappa shape index (κ1) is 96.1. The maximum atomic E-state index is 13.1. The first-order valence-electron chi connectivity index (χ1n) is 41.1. The number of carbonyl (C=O) groups is 4. The molecule has 3 N–H and O–H groups in total. The predicted molar refractivity (Wildman–Crippen MR) is 400 cm³/mol. The molecule has 98 heavy (non-hydrogen) atoms. The number of esters is 4. The highest BCUT2D eigenvalue weighted by atomic mass is 31.2. The molecule has 19 heteroatoms. The minimum atomic E-state index is -4.96. The topological polar surface area (TPSA) is 237 Å². The normalized spacial score (nSPS) is 13.9. The Bertz CT molecular complexity index is 1870. The second-order valence-corrected chi connectivity index (χ2v) is 31.8. The van der Waals surface area contributed by atoms with Gasteiger partial charge in [-0.25, -0.2) is 9.13 Å². The van der Waals surface area contributed by atoms with Crippen LogP contribution in [0.25, 0.3) is 0 Å². The van der Waals surface area contributed by atoms with Crippen LogP contribution in [0.3, 0.4) is 0 Å². The van der Waals surface area contributed by atoms with Gasteiger partial charge in [-0.1, -0.05) is 369 Å². The predicted octanol–water partition coefficient (Wildman–Crippen LogP) is 23.6. The molecule has 0 aromatic rings. The van der Waals surface area contributed by atoms with Gasteiger partial charge < -0.3 is 33.8 Å². The fraction of sp³-hybridized carbons (Fsp3) is 0.949. The van der Waals surface area contributed by atoms with E-state index in [4.69, 9.17) is 37.0 Å². The van der Waals surface area contributed by atoms with Gasteiger partial charge in [0.2, 0.25) is 0 Å². The van der Waals surface area contributed by atoms with Gasteiger partial charge in [-0.2, -0.15) is 0 Å². The average molecular weight is 1440 g/mol. The molecule has 0 rings (SSSR count). The number of unbranched alkanes of at least 4 members (excludes halogenated alkanes) is 51. The van der Waals surface area contributed by atoms with Crippen LogP contribution < -0.4 is 0 Å². The molecule has 5 atom stereocenters. The van der Waals surface area contributed by atoms with E-state index in [2.05, 4.69) is 34.6 Å². The maximum Gasteiger partial charge on any atom is 0.472 e. The van der Waals surface area contributed by atoms with Gasteiger partial charge >= 0.3 is 39.5 Å². The first-order chi connectivity index (χ1) is 47.5. The van der Waals surface area contributed by atoms with Crippen molar-refractivity contribution in [1.29, 1.82) is 0 Å². The van der Waals surface area contributed by atoms with Gasteiger partial charge in [0.15, 0.2) is 12.2 Å². The largest absolute Gasteiger partial charge is 0.472 e. The van der Waals surface area contributed by atoms with Crippen LogP contribution in [0, 0.1) is 5.92 Å². The van der Waals surface area contributed by atoms with Gasteiger partial charge in [0.05, 0.1) is 26.4 Å². The molecule has 0 saturated carbocycles. The SMILES string of the molecule is CCCCCCCCCCCCCCCCCCC(=O)OC[C@H](COP(=O)(O)OC[C@@H](O)COP(=O)(O)OC[C@@H](COC(=O)CCCCCCC)OC(=O)CCCCCCCCCCCCCCCCCC)OC(=O)CCCCCCCCCCCCCCCCCCCCC(C)C. The van der Waals surface area contributed by atoms with Crippen LogP contribution in [0.2, 0.25) is 0 Å². The van der Waals surface area contributed by atoms with E-state index in [9.17, 15) is 43.2 Å². The van der Waals surface area contributed by atoms with Crippen molar-refractivity contribution in [1.82, 2.24) is 0 Å². The Morgan fingerprint density at radius 1 is 0.276 bits per heavy atom. The molecular formula is C79H154O17P2. The van der Waals surface area contributed by atoms with Gasteiger partial charge in [0.25, 0.3) is 0 Å². The Balaban J connectivity index is 5.11. The van der Waals surface area contributed by atoms with E-state index in [-0.39, 0.29) is 25.7 Å². The highest BCUT2D eigenvalue weighted by molar-refractivity contribution is 7.47. The number of rotatable bonds is 79. The van der Waals surface area contributed by atoms with Crippen LogP contribution in [-0.2, 0) is 65.4 Å². The maximum absolute atomic E-state index is 13.1. The average Bonchev–Trinajstić information content (AvgIpc) is 1.02. The zero-order valence-electron chi connectivity index (χ0n) is 63.9. The number of aliphatic hydroxyl groups excluding tert-OH is 1. The van der Waals surface area contributed by atoms with Crippen molar-refractivity contribution in [2.75, 3.05) is 39.6 Å². The summed E-state index contributed by atoms with van der Waals surface area (Å²) in [6.07, 6.45) is 62.9. The molecule has 0 fully saturated rings. The summed E-state index contributed by atoms with van der Waals surface area (Å²) in [7, 11) is -9.90. The van der Waals surface area contributed by atoms with Crippen molar-refractivity contribution in [3.05, 3.63) is 0 Å². The molecular weight excluding hydrogens is 1280 g/mol. The number of hydrogen-bond acceptors (Lipinski definition) is 15. The van der Waals surface area contributed by atoms with Crippen LogP contribution in [0.1, 0.15) is 420 Å². The van der Waals surface area contributed by atoms with Crippen LogP contribution in [0.4, 0.5) is 0 Å². The van der Waals surface area contributed by atoms with E-state index in [0.717, 1.165) is 102 Å². The first-order valence-corrected chi connectivity index (χ1v) is 44.1. The van der Waals surface area contributed by atoms with Gasteiger partial charge in [0.1, 0.15) is 19.3 Å². The summed E-state index contributed by atoms with van der Waals surface area (Å²) >= 11 is 0. The van der Waals surface area contributed by atoms with Crippen LogP contribution >= 0.6 is 15.6 Å². The number of ether oxygens (including phenoxy) is 4. The Morgan fingerprint density at radius 3 is 0.694 bits per heavy atom. The van der Waals surface area contributed by atoms with Gasteiger partial charge in [-0.05, 0) is 31.6 Å².